The molecule has 2 atom stereocenters. The number of hydrogen-bond donors (Lipinski definition) is 2. The summed E-state index contributed by atoms with van der Waals surface area (Å²) < 4.78 is 0. The predicted octanol–water partition coefficient (Wildman–Crippen LogP) is 1.94. The zero-order valence-electron chi connectivity index (χ0n) is 17.6. The molecule has 0 aromatic heterocycles. The van der Waals surface area contributed by atoms with Gasteiger partial charge in [-0.25, -0.2) is 0 Å². The molecule has 0 aromatic rings. The summed E-state index contributed by atoms with van der Waals surface area (Å²) in [7, 11) is 0. The van der Waals surface area contributed by atoms with E-state index in [1.54, 1.807) is 0 Å². The fraction of sp³-hybridized carbons (Fsp3) is 0.900. The maximum Gasteiger partial charge on any atom is 0.0868 e. The van der Waals surface area contributed by atoms with Gasteiger partial charge in [0.15, 0.2) is 0 Å². The van der Waals surface area contributed by atoms with Crippen molar-refractivity contribution >= 4 is 0 Å². The van der Waals surface area contributed by atoms with Crippen LogP contribution in [0.1, 0.15) is 54.4 Å². The van der Waals surface area contributed by atoms with Gasteiger partial charge in [-0.2, -0.15) is 10.5 Å². The predicted molar refractivity (Wildman–Crippen MR) is 107 cm³/mol. The van der Waals surface area contributed by atoms with Gasteiger partial charge < -0.3 is 10.6 Å². The Hall–Kier alpha value is -1.18. The van der Waals surface area contributed by atoms with E-state index in [2.05, 4.69) is 74.1 Å². The number of nitriles is 2. The molecule has 0 unspecified atom stereocenters. The largest absolute Gasteiger partial charge is 0.310 e. The quantitative estimate of drug-likeness (QED) is 0.731. The van der Waals surface area contributed by atoms with Crippen molar-refractivity contribution in [1.29, 1.82) is 10.5 Å². The lowest BCUT2D eigenvalue weighted by molar-refractivity contribution is 0.147. The molecular weight excluding hydrogens is 324 g/mol. The van der Waals surface area contributed by atoms with Crippen LogP contribution in [0.2, 0.25) is 0 Å². The molecule has 0 aromatic carbocycles. The molecule has 26 heavy (non-hydrogen) atoms. The van der Waals surface area contributed by atoms with Crippen LogP contribution in [0.3, 0.4) is 0 Å². The van der Waals surface area contributed by atoms with Crippen LogP contribution in [0.5, 0.6) is 0 Å². The molecule has 1 aliphatic rings. The molecule has 2 N–H and O–H groups in total. The summed E-state index contributed by atoms with van der Waals surface area (Å²) in [6, 6.07) is 5.30. The summed E-state index contributed by atoms with van der Waals surface area (Å²) in [5.74, 6) is 0. The number of hydrogen-bond acceptors (Lipinski definition) is 6. The van der Waals surface area contributed by atoms with E-state index in [4.69, 9.17) is 0 Å². The van der Waals surface area contributed by atoms with Gasteiger partial charge in [-0.3, -0.25) is 9.80 Å². The zero-order valence-corrected chi connectivity index (χ0v) is 17.6. The van der Waals surface area contributed by atoms with Crippen LogP contribution >= 0.6 is 0 Å². The first kappa shape index (κ1) is 22.9. The Balaban J connectivity index is 2.92. The molecule has 6 nitrogen and oxygen atoms in total. The molecule has 1 fully saturated rings. The van der Waals surface area contributed by atoms with Crippen LogP contribution < -0.4 is 10.6 Å². The van der Waals surface area contributed by atoms with Gasteiger partial charge in [0.1, 0.15) is 0 Å². The van der Waals surface area contributed by atoms with Crippen molar-refractivity contribution in [3.05, 3.63) is 0 Å². The SMILES string of the molecule is C[C@@H]1CC(C)(C)NCCN(CC#N)[C@H](C)CC(C)(C)NCCN1CC#N. The van der Waals surface area contributed by atoms with Crippen molar-refractivity contribution in [3.63, 3.8) is 0 Å². The van der Waals surface area contributed by atoms with E-state index < -0.39 is 0 Å². The second-order valence-corrected chi connectivity index (χ2v) is 8.98. The van der Waals surface area contributed by atoms with Gasteiger partial charge in [-0.1, -0.05) is 0 Å². The number of nitrogens with one attached hydrogen (secondary N) is 2. The van der Waals surface area contributed by atoms with Crippen molar-refractivity contribution in [2.45, 2.75) is 77.5 Å². The Kier molecular flexibility index (Phi) is 9.00. The third-order valence-electron chi connectivity index (χ3n) is 5.41. The van der Waals surface area contributed by atoms with Crippen LogP contribution in [-0.2, 0) is 0 Å². The Labute approximate surface area is 160 Å². The summed E-state index contributed by atoms with van der Waals surface area (Å²) in [6.07, 6.45) is 1.96. The van der Waals surface area contributed by atoms with Crippen molar-refractivity contribution < 1.29 is 0 Å². The third kappa shape index (κ3) is 8.01. The Morgan fingerprint density at radius 2 is 1.15 bits per heavy atom. The minimum Gasteiger partial charge on any atom is -0.310 e. The highest BCUT2D eigenvalue weighted by Gasteiger charge is 2.28. The zero-order chi connectivity index (χ0) is 19.8. The summed E-state index contributed by atoms with van der Waals surface area (Å²) in [5, 5.41) is 25.7. The normalized spacial score (nSPS) is 29.2. The van der Waals surface area contributed by atoms with Crippen molar-refractivity contribution in [2.75, 3.05) is 39.3 Å². The first-order chi connectivity index (χ1) is 12.1. The highest BCUT2D eigenvalue weighted by molar-refractivity contribution is 4.91. The van der Waals surface area contributed by atoms with E-state index in [0.29, 0.717) is 25.2 Å². The standard InChI is InChI=1S/C20H38N6/c1-17-15-19(3,4)23-10-14-26(12-8-22)18(2)16-20(5,6)24-9-13-25(17)11-7-21/h17-18,23-24H,9-16H2,1-6H3/t17-,18-/m1/s1. The van der Waals surface area contributed by atoms with Crippen LogP contribution in [0, 0.1) is 22.7 Å². The van der Waals surface area contributed by atoms with Crippen molar-refractivity contribution in [1.82, 2.24) is 20.4 Å². The van der Waals surface area contributed by atoms with Crippen molar-refractivity contribution in [3.8, 4) is 12.1 Å². The number of nitrogens with zero attached hydrogens (tertiary/aromatic N) is 4. The molecule has 0 saturated carbocycles. The maximum atomic E-state index is 9.19. The molecule has 0 radical (unpaired) electrons. The van der Waals surface area contributed by atoms with Crippen molar-refractivity contribution in [2.24, 2.45) is 0 Å². The highest BCUT2D eigenvalue weighted by atomic mass is 15.2. The summed E-state index contributed by atoms with van der Waals surface area (Å²) in [4.78, 5) is 4.54. The fourth-order valence-corrected chi connectivity index (χ4v) is 4.05. The van der Waals surface area contributed by atoms with Gasteiger partial charge in [0.25, 0.3) is 0 Å². The van der Waals surface area contributed by atoms with Crippen LogP contribution in [0.25, 0.3) is 0 Å². The molecule has 0 amide bonds. The van der Waals surface area contributed by atoms with E-state index in [1.807, 2.05) is 0 Å². The topological polar surface area (TPSA) is 78.1 Å². The van der Waals surface area contributed by atoms with Gasteiger partial charge in [-0.15, -0.1) is 0 Å². The smallest absolute Gasteiger partial charge is 0.0868 e. The lowest BCUT2D eigenvalue weighted by Gasteiger charge is -2.39. The first-order valence-electron chi connectivity index (χ1n) is 9.82. The molecule has 6 heteroatoms. The lowest BCUT2D eigenvalue weighted by Crippen LogP contribution is -2.53. The second kappa shape index (κ2) is 10.2. The molecule has 1 heterocycles. The Bertz CT molecular complexity index is 455. The molecule has 0 aliphatic carbocycles. The lowest BCUT2D eigenvalue weighted by atomic mass is 9.93. The molecule has 0 bridgehead atoms. The molecule has 1 rings (SSSR count). The fourth-order valence-electron chi connectivity index (χ4n) is 4.05. The average molecular weight is 363 g/mol. The summed E-state index contributed by atoms with van der Waals surface area (Å²) >= 11 is 0. The van der Waals surface area contributed by atoms with Gasteiger partial charge in [0.2, 0.25) is 0 Å². The first-order valence-corrected chi connectivity index (χ1v) is 9.82. The molecule has 1 aliphatic heterocycles. The van der Waals surface area contributed by atoms with Crippen LogP contribution in [0.4, 0.5) is 0 Å². The third-order valence-corrected chi connectivity index (χ3v) is 5.41. The number of rotatable bonds is 2. The van der Waals surface area contributed by atoms with E-state index in [1.165, 1.54) is 0 Å². The Morgan fingerprint density at radius 3 is 1.46 bits per heavy atom. The minimum absolute atomic E-state index is 0.00844. The Morgan fingerprint density at radius 1 is 0.808 bits per heavy atom. The van der Waals surface area contributed by atoms with E-state index in [9.17, 15) is 10.5 Å². The van der Waals surface area contributed by atoms with E-state index in [0.717, 1.165) is 39.0 Å². The van der Waals surface area contributed by atoms with E-state index >= 15 is 0 Å². The van der Waals surface area contributed by atoms with Crippen LogP contribution in [-0.4, -0.2) is 72.2 Å². The van der Waals surface area contributed by atoms with Gasteiger partial charge in [-0.05, 0) is 54.4 Å². The second-order valence-electron chi connectivity index (χ2n) is 8.98. The maximum absolute atomic E-state index is 9.19. The summed E-state index contributed by atoms with van der Waals surface area (Å²) in [5.41, 5.74) is -0.0169. The van der Waals surface area contributed by atoms with Gasteiger partial charge in [0.05, 0.1) is 25.2 Å². The summed E-state index contributed by atoms with van der Waals surface area (Å²) in [6.45, 7) is 17.7. The van der Waals surface area contributed by atoms with Crippen LogP contribution in [0.15, 0.2) is 0 Å². The molecule has 0 spiro atoms. The molecule has 1 saturated heterocycles. The molecular formula is C20H38N6. The monoisotopic (exact) mass is 362 g/mol. The minimum atomic E-state index is -0.00844. The van der Waals surface area contributed by atoms with Gasteiger partial charge in [0, 0.05) is 49.3 Å². The van der Waals surface area contributed by atoms with E-state index in [-0.39, 0.29) is 11.1 Å². The molecule has 148 valence electrons. The van der Waals surface area contributed by atoms with Gasteiger partial charge >= 0.3 is 0 Å². The highest BCUT2D eigenvalue weighted by Crippen LogP contribution is 2.18. The average Bonchev–Trinajstić information content (AvgIpc) is 2.51.